The number of rotatable bonds is 4. The van der Waals surface area contributed by atoms with Gasteiger partial charge in [0.25, 0.3) is 0 Å². The van der Waals surface area contributed by atoms with Crippen LogP contribution in [0.2, 0.25) is 0 Å². The molecule has 0 fully saturated rings. The lowest BCUT2D eigenvalue weighted by Crippen LogP contribution is -1.91. The van der Waals surface area contributed by atoms with Gasteiger partial charge in [-0.2, -0.15) is 4.99 Å². The highest BCUT2D eigenvalue weighted by Gasteiger charge is 1.89. The predicted molar refractivity (Wildman–Crippen MR) is 68.8 cm³/mol. The first-order chi connectivity index (χ1) is 8.45. The second kappa shape index (κ2) is 6.36. The SMILES string of the molecule is C(=NCCc1ccccn1)=Nc1ccccc1. The molecule has 1 aromatic heterocycles. The van der Waals surface area contributed by atoms with E-state index in [4.69, 9.17) is 0 Å². The van der Waals surface area contributed by atoms with Crippen LogP contribution in [0.4, 0.5) is 5.69 Å². The minimum absolute atomic E-state index is 0.660. The Morgan fingerprint density at radius 3 is 2.59 bits per heavy atom. The van der Waals surface area contributed by atoms with E-state index in [1.54, 1.807) is 6.20 Å². The molecule has 1 heterocycles. The number of para-hydroxylation sites is 1. The highest BCUT2D eigenvalue weighted by atomic mass is 14.8. The molecule has 3 nitrogen and oxygen atoms in total. The summed E-state index contributed by atoms with van der Waals surface area (Å²) in [6.07, 6.45) is 2.61. The second-order valence-electron chi connectivity index (χ2n) is 3.50. The second-order valence-corrected chi connectivity index (χ2v) is 3.50. The van der Waals surface area contributed by atoms with Crippen LogP contribution >= 0.6 is 0 Å². The van der Waals surface area contributed by atoms with Crippen molar-refractivity contribution in [1.29, 1.82) is 0 Å². The quantitative estimate of drug-likeness (QED) is 0.734. The number of pyridine rings is 1. The zero-order valence-corrected chi connectivity index (χ0v) is 9.45. The monoisotopic (exact) mass is 223 g/mol. The van der Waals surface area contributed by atoms with E-state index in [1.807, 2.05) is 48.5 Å². The van der Waals surface area contributed by atoms with Gasteiger partial charge in [-0.15, -0.1) is 0 Å². The summed E-state index contributed by atoms with van der Waals surface area (Å²) in [5.41, 5.74) is 1.91. The van der Waals surface area contributed by atoms with Crippen LogP contribution in [-0.4, -0.2) is 17.5 Å². The van der Waals surface area contributed by atoms with Gasteiger partial charge < -0.3 is 0 Å². The van der Waals surface area contributed by atoms with E-state index < -0.39 is 0 Å². The standard InChI is InChI=1S/C14H13N3/c1-2-6-13(7-3-1)17-12-15-11-9-14-8-4-5-10-16-14/h1-8,10H,9,11H2. The third kappa shape index (κ3) is 4.01. The first-order valence-corrected chi connectivity index (χ1v) is 5.52. The fourth-order valence-corrected chi connectivity index (χ4v) is 1.36. The van der Waals surface area contributed by atoms with Gasteiger partial charge in [-0.3, -0.25) is 4.98 Å². The maximum atomic E-state index is 4.22. The van der Waals surface area contributed by atoms with Gasteiger partial charge in [-0.05, 0) is 24.3 Å². The highest BCUT2D eigenvalue weighted by Crippen LogP contribution is 2.07. The average molecular weight is 223 g/mol. The minimum atomic E-state index is 0.660. The highest BCUT2D eigenvalue weighted by molar-refractivity contribution is 5.51. The lowest BCUT2D eigenvalue weighted by molar-refractivity contribution is 0.927. The van der Waals surface area contributed by atoms with Crippen molar-refractivity contribution >= 4 is 11.7 Å². The van der Waals surface area contributed by atoms with Gasteiger partial charge in [-0.25, -0.2) is 4.99 Å². The van der Waals surface area contributed by atoms with Gasteiger partial charge in [0.15, 0.2) is 0 Å². The van der Waals surface area contributed by atoms with Gasteiger partial charge in [0.05, 0.1) is 18.2 Å². The number of aliphatic imine (C=N–C) groups is 2. The van der Waals surface area contributed by atoms with E-state index in [0.717, 1.165) is 17.8 Å². The van der Waals surface area contributed by atoms with Crippen molar-refractivity contribution in [3.63, 3.8) is 0 Å². The van der Waals surface area contributed by atoms with Crippen molar-refractivity contribution in [3.05, 3.63) is 60.4 Å². The molecule has 84 valence electrons. The van der Waals surface area contributed by atoms with Crippen LogP contribution in [0.25, 0.3) is 0 Å². The molecule has 0 atom stereocenters. The number of nitrogens with zero attached hydrogens (tertiary/aromatic N) is 3. The molecule has 0 aliphatic heterocycles. The molecule has 3 heteroatoms. The molecule has 0 bridgehead atoms. The maximum absolute atomic E-state index is 4.22. The largest absolute Gasteiger partial charge is 0.261 e. The van der Waals surface area contributed by atoms with E-state index in [1.165, 1.54) is 0 Å². The predicted octanol–water partition coefficient (Wildman–Crippen LogP) is 3.13. The maximum Gasteiger partial charge on any atom is 0.0949 e. The summed E-state index contributed by atoms with van der Waals surface area (Å²) in [6, 6.07) is 18.2. The lowest BCUT2D eigenvalue weighted by Gasteiger charge is -1.93. The Labute approximate surface area is 101 Å². The summed E-state index contributed by atoms with van der Waals surface area (Å²) in [5.74, 6) is 0. The van der Waals surface area contributed by atoms with Crippen LogP contribution in [0.3, 0.4) is 0 Å². The Balaban J connectivity index is 1.85. The van der Waals surface area contributed by atoms with Crippen LogP contribution in [0.1, 0.15) is 5.69 Å². The van der Waals surface area contributed by atoms with E-state index in [2.05, 4.69) is 21.0 Å². The van der Waals surface area contributed by atoms with Crippen molar-refractivity contribution in [3.8, 4) is 0 Å². The van der Waals surface area contributed by atoms with Gasteiger partial charge in [0.1, 0.15) is 0 Å². The van der Waals surface area contributed by atoms with E-state index in [0.29, 0.717) is 6.54 Å². The summed E-state index contributed by atoms with van der Waals surface area (Å²) in [6.45, 7) is 0.660. The Morgan fingerprint density at radius 2 is 1.82 bits per heavy atom. The number of hydrogen-bond acceptors (Lipinski definition) is 3. The van der Waals surface area contributed by atoms with Gasteiger partial charge in [0.2, 0.25) is 0 Å². The molecular weight excluding hydrogens is 210 g/mol. The number of aromatic nitrogens is 1. The van der Waals surface area contributed by atoms with Crippen LogP contribution in [0, 0.1) is 0 Å². The van der Waals surface area contributed by atoms with E-state index in [9.17, 15) is 0 Å². The Bertz CT molecular complexity index is 500. The Kier molecular flexibility index (Phi) is 4.20. The van der Waals surface area contributed by atoms with Crippen LogP contribution < -0.4 is 0 Å². The van der Waals surface area contributed by atoms with E-state index in [-0.39, 0.29) is 0 Å². The summed E-state index contributed by atoms with van der Waals surface area (Å²) < 4.78 is 0. The van der Waals surface area contributed by atoms with E-state index >= 15 is 0 Å². The van der Waals surface area contributed by atoms with Crippen molar-refractivity contribution in [1.82, 2.24) is 4.98 Å². The summed E-state index contributed by atoms with van der Waals surface area (Å²) in [4.78, 5) is 12.4. The molecule has 2 rings (SSSR count). The first kappa shape index (κ1) is 11.2. The summed E-state index contributed by atoms with van der Waals surface area (Å²) in [7, 11) is 0. The Hall–Kier alpha value is -2.25. The minimum Gasteiger partial charge on any atom is -0.261 e. The number of benzene rings is 1. The normalized spacial score (nSPS) is 9.41. The third-order valence-corrected chi connectivity index (χ3v) is 2.21. The fraction of sp³-hybridized carbons (Fsp3) is 0.143. The van der Waals surface area contributed by atoms with Crippen LogP contribution in [0.5, 0.6) is 0 Å². The molecule has 0 aliphatic rings. The molecule has 17 heavy (non-hydrogen) atoms. The lowest BCUT2D eigenvalue weighted by atomic mass is 10.3. The molecule has 0 amide bonds. The molecule has 0 radical (unpaired) electrons. The van der Waals surface area contributed by atoms with Crippen molar-refractivity contribution in [2.75, 3.05) is 6.54 Å². The number of hydrogen-bond donors (Lipinski definition) is 0. The van der Waals surface area contributed by atoms with Crippen molar-refractivity contribution < 1.29 is 0 Å². The molecule has 0 spiro atoms. The molecule has 0 aliphatic carbocycles. The van der Waals surface area contributed by atoms with Crippen molar-refractivity contribution in [2.45, 2.75) is 6.42 Å². The molecular formula is C14H13N3. The molecule has 0 saturated carbocycles. The van der Waals surface area contributed by atoms with Gasteiger partial charge in [-0.1, -0.05) is 24.3 Å². The first-order valence-electron chi connectivity index (χ1n) is 5.52. The topological polar surface area (TPSA) is 37.6 Å². The Morgan fingerprint density at radius 1 is 1.00 bits per heavy atom. The zero-order chi connectivity index (χ0) is 11.8. The van der Waals surface area contributed by atoms with Gasteiger partial charge in [0, 0.05) is 18.3 Å². The molecule has 0 saturated heterocycles. The summed E-state index contributed by atoms with van der Waals surface area (Å²) in [5, 5.41) is 0. The molecule has 0 unspecified atom stereocenters. The van der Waals surface area contributed by atoms with Crippen molar-refractivity contribution in [2.24, 2.45) is 9.98 Å². The molecule has 2 aromatic rings. The summed E-state index contributed by atoms with van der Waals surface area (Å²) >= 11 is 0. The molecule has 0 N–H and O–H groups in total. The fourth-order valence-electron chi connectivity index (χ4n) is 1.36. The third-order valence-electron chi connectivity index (χ3n) is 2.21. The van der Waals surface area contributed by atoms with Crippen LogP contribution in [0.15, 0.2) is 64.7 Å². The van der Waals surface area contributed by atoms with Gasteiger partial charge >= 0.3 is 0 Å². The van der Waals surface area contributed by atoms with Crippen LogP contribution in [-0.2, 0) is 6.42 Å². The zero-order valence-electron chi connectivity index (χ0n) is 9.45. The smallest absolute Gasteiger partial charge is 0.0949 e. The molecule has 1 aromatic carbocycles. The average Bonchev–Trinajstić information content (AvgIpc) is 2.41.